The number of para-hydroxylation sites is 1. The third kappa shape index (κ3) is 4.44. The van der Waals surface area contributed by atoms with E-state index in [-0.39, 0.29) is 18.9 Å². The molecule has 0 heterocycles. The average Bonchev–Trinajstić information content (AvgIpc) is 2.36. The van der Waals surface area contributed by atoms with E-state index in [0.717, 1.165) is 0 Å². The fourth-order valence-electron chi connectivity index (χ4n) is 1.40. The number of halogens is 3. The largest absolute Gasteiger partial charge is 0.441 e. The van der Waals surface area contributed by atoms with E-state index in [9.17, 15) is 17.7 Å². The van der Waals surface area contributed by atoms with Gasteiger partial charge in [-0.15, -0.1) is 0 Å². The highest BCUT2D eigenvalue weighted by Crippen LogP contribution is 2.55. The summed E-state index contributed by atoms with van der Waals surface area (Å²) in [7, 11) is -4.49. The lowest BCUT2D eigenvalue weighted by molar-refractivity contribution is -0.0572. The van der Waals surface area contributed by atoms with Gasteiger partial charge in [-0.25, -0.2) is 4.99 Å². The maximum absolute atomic E-state index is 13.1. The van der Waals surface area contributed by atoms with E-state index in [0.29, 0.717) is 0 Å². The van der Waals surface area contributed by atoms with Gasteiger partial charge in [0.1, 0.15) is 0 Å². The molecule has 1 rings (SSSR count). The summed E-state index contributed by atoms with van der Waals surface area (Å²) in [6.45, 7) is 2.51. The van der Waals surface area contributed by atoms with Gasteiger partial charge < -0.3 is 9.05 Å². The summed E-state index contributed by atoms with van der Waals surface area (Å²) in [5.74, 6) is 0. The maximum atomic E-state index is 13.1. The minimum Gasteiger partial charge on any atom is -0.304 e. The molecule has 0 bridgehead atoms. The summed E-state index contributed by atoms with van der Waals surface area (Å²) in [5.41, 5.74) is -1.51. The molecule has 20 heavy (non-hydrogen) atoms. The molecule has 0 N–H and O–H groups in total. The monoisotopic (exact) mass is 309 g/mol. The van der Waals surface area contributed by atoms with Crippen LogP contribution in [-0.4, -0.2) is 24.8 Å². The van der Waals surface area contributed by atoms with Crippen molar-refractivity contribution in [2.45, 2.75) is 20.0 Å². The molecular weight excluding hydrogens is 294 g/mol. The molecule has 0 unspecified atom stereocenters. The minimum atomic E-state index is -4.91. The third-order valence-corrected chi connectivity index (χ3v) is 4.17. The first-order valence-corrected chi connectivity index (χ1v) is 7.48. The lowest BCUT2D eigenvalue weighted by atomic mass is 10.3. The summed E-state index contributed by atoms with van der Waals surface area (Å²) in [4.78, 5) is 3.42. The van der Waals surface area contributed by atoms with E-state index in [1.165, 1.54) is 38.1 Å². The van der Waals surface area contributed by atoms with Crippen molar-refractivity contribution in [3.8, 4) is 0 Å². The fraction of sp³-hybridized carbons (Fsp3) is 0.417. The van der Waals surface area contributed by atoms with E-state index in [1.807, 2.05) is 0 Å². The van der Waals surface area contributed by atoms with Crippen LogP contribution in [0.25, 0.3) is 0 Å². The van der Waals surface area contributed by atoms with Crippen LogP contribution in [0.2, 0.25) is 0 Å². The second-order valence-electron chi connectivity index (χ2n) is 3.60. The molecule has 0 aliphatic heterocycles. The summed E-state index contributed by atoms with van der Waals surface area (Å²) >= 11 is 0. The molecular formula is C12H15F3NO3P. The van der Waals surface area contributed by atoms with Gasteiger partial charge in [0.05, 0.1) is 18.9 Å². The van der Waals surface area contributed by atoms with Crippen molar-refractivity contribution in [2.75, 3.05) is 13.2 Å². The van der Waals surface area contributed by atoms with Crippen LogP contribution in [0.1, 0.15) is 13.8 Å². The number of hydrogen-bond donors (Lipinski definition) is 0. The Morgan fingerprint density at radius 2 is 1.65 bits per heavy atom. The van der Waals surface area contributed by atoms with Gasteiger partial charge in [0.25, 0.3) is 0 Å². The van der Waals surface area contributed by atoms with E-state index < -0.39 is 19.2 Å². The van der Waals surface area contributed by atoms with Crippen molar-refractivity contribution in [1.29, 1.82) is 0 Å². The van der Waals surface area contributed by atoms with Gasteiger partial charge in [0, 0.05) is 0 Å². The highest BCUT2D eigenvalue weighted by molar-refractivity contribution is 7.72. The van der Waals surface area contributed by atoms with E-state index in [1.54, 1.807) is 6.07 Å². The number of alkyl halides is 3. The van der Waals surface area contributed by atoms with Crippen molar-refractivity contribution in [3.63, 3.8) is 0 Å². The van der Waals surface area contributed by atoms with Crippen molar-refractivity contribution < 1.29 is 26.8 Å². The van der Waals surface area contributed by atoms with E-state index >= 15 is 0 Å². The van der Waals surface area contributed by atoms with Crippen molar-refractivity contribution in [2.24, 2.45) is 4.99 Å². The lowest BCUT2D eigenvalue weighted by Crippen LogP contribution is -2.25. The predicted octanol–water partition coefficient (Wildman–Crippen LogP) is 4.55. The molecule has 112 valence electrons. The van der Waals surface area contributed by atoms with Crippen LogP contribution in [0.4, 0.5) is 18.9 Å². The predicted molar refractivity (Wildman–Crippen MR) is 70.5 cm³/mol. The molecule has 0 aliphatic rings. The molecule has 8 heteroatoms. The van der Waals surface area contributed by atoms with Gasteiger partial charge in [0.2, 0.25) is 5.45 Å². The highest BCUT2D eigenvalue weighted by Gasteiger charge is 2.50. The highest BCUT2D eigenvalue weighted by atomic mass is 31.2. The summed E-state index contributed by atoms with van der Waals surface area (Å²) < 4.78 is 60.9. The van der Waals surface area contributed by atoms with Crippen LogP contribution in [0.3, 0.4) is 0 Å². The smallest absolute Gasteiger partial charge is 0.304 e. The normalized spacial score (nSPS) is 13.6. The van der Waals surface area contributed by atoms with Crippen molar-refractivity contribution >= 4 is 18.7 Å². The number of rotatable bonds is 6. The quantitative estimate of drug-likeness (QED) is 0.572. The first-order valence-electron chi connectivity index (χ1n) is 5.94. The summed E-state index contributed by atoms with van der Waals surface area (Å²) in [6.07, 6.45) is -4.91. The second kappa shape index (κ2) is 7.02. The lowest BCUT2D eigenvalue weighted by Gasteiger charge is -2.20. The summed E-state index contributed by atoms with van der Waals surface area (Å²) in [6, 6.07) is 7.43. The van der Waals surface area contributed by atoms with E-state index in [4.69, 9.17) is 9.05 Å². The van der Waals surface area contributed by atoms with Crippen LogP contribution < -0.4 is 0 Å². The molecule has 0 spiro atoms. The van der Waals surface area contributed by atoms with Gasteiger partial charge in [-0.3, -0.25) is 4.57 Å². The standard InChI is InChI=1S/C12H15F3NO3P/c1-3-18-20(17,19-4-2)11(12(13,14)15)16-10-8-6-5-7-9-10/h5-9H,3-4H2,1-2H3. The molecule has 0 amide bonds. The van der Waals surface area contributed by atoms with Crippen molar-refractivity contribution in [3.05, 3.63) is 30.3 Å². The van der Waals surface area contributed by atoms with Crippen LogP contribution in [0.15, 0.2) is 35.3 Å². The Morgan fingerprint density at radius 3 is 2.05 bits per heavy atom. The molecule has 0 aromatic heterocycles. The fourth-order valence-corrected chi connectivity index (χ4v) is 2.95. The Hall–Kier alpha value is -1.17. The topological polar surface area (TPSA) is 47.9 Å². The van der Waals surface area contributed by atoms with Crippen LogP contribution in [0, 0.1) is 0 Å². The minimum absolute atomic E-state index is 0.0273. The van der Waals surface area contributed by atoms with Crippen LogP contribution in [0.5, 0.6) is 0 Å². The SMILES string of the molecule is CCOP(=O)(OCC)C(=Nc1ccccc1)C(F)(F)F. The zero-order chi connectivity index (χ0) is 15.2. The second-order valence-corrected chi connectivity index (χ2v) is 5.54. The van der Waals surface area contributed by atoms with Crippen molar-refractivity contribution in [1.82, 2.24) is 0 Å². The summed E-state index contributed by atoms with van der Waals surface area (Å²) in [5, 5.41) is 0. The first kappa shape index (κ1) is 16.9. The number of nitrogens with zero attached hydrogens (tertiary/aromatic N) is 1. The number of hydrogen-bond acceptors (Lipinski definition) is 4. The average molecular weight is 309 g/mol. The van der Waals surface area contributed by atoms with Crippen LogP contribution >= 0.6 is 7.60 Å². The van der Waals surface area contributed by atoms with Gasteiger partial charge in [-0.05, 0) is 26.0 Å². The number of benzene rings is 1. The molecule has 0 saturated carbocycles. The number of aliphatic imine (C=N–C) groups is 1. The molecule has 4 nitrogen and oxygen atoms in total. The van der Waals surface area contributed by atoms with Gasteiger partial charge >= 0.3 is 13.8 Å². The molecule has 0 atom stereocenters. The Labute approximate surface area is 115 Å². The Balaban J connectivity index is 3.32. The Bertz CT molecular complexity index is 492. The molecule has 1 aromatic carbocycles. The van der Waals surface area contributed by atoms with Gasteiger partial charge in [-0.1, -0.05) is 18.2 Å². The maximum Gasteiger partial charge on any atom is 0.441 e. The zero-order valence-corrected chi connectivity index (χ0v) is 11.9. The Kier molecular flexibility index (Phi) is 5.92. The molecule has 0 aliphatic carbocycles. The molecule has 1 aromatic rings. The van der Waals surface area contributed by atoms with Gasteiger partial charge in [-0.2, -0.15) is 13.2 Å². The Morgan fingerprint density at radius 1 is 1.15 bits per heavy atom. The molecule has 0 radical (unpaired) electrons. The van der Waals surface area contributed by atoms with E-state index in [2.05, 4.69) is 4.99 Å². The van der Waals surface area contributed by atoms with Crippen LogP contribution in [-0.2, 0) is 13.6 Å². The van der Waals surface area contributed by atoms with Gasteiger partial charge in [0.15, 0.2) is 0 Å². The zero-order valence-electron chi connectivity index (χ0n) is 11.1. The first-order chi connectivity index (χ1) is 9.33. The molecule has 0 fully saturated rings. The third-order valence-electron chi connectivity index (χ3n) is 2.10. The molecule has 0 saturated heterocycles.